The number of ether oxygens (including phenoxy) is 2. The third-order valence-corrected chi connectivity index (χ3v) is 3.88. The van der Waals surface area contributed by atoms with Gasteiger partial charge < -0.3 is 9.47 Å². The minimum Gasteiger partial charge on any atom is -0.496 e. The lowest BCUT2D eigenvalue weighted by atomic mass is 10.1. The van der Waals surface area contributed by atoms with Crippen LogP contribution in [0.25, 0.3) is 0 Å². The van der Waals surface area contributed by atoms with Gasteiger partial charge in [0.2, 0.25) is 0 Å². The molecule has 20 heavy (non-hydrogen) atoms. The number of hydrogen-bond donors (Lipinski definition) is 0. The van der Waals surface area contributed by atoms with Gasteiger partial charge in [-0.3, -0.25) is 14.5 Å². The van der Waals surface area contributed by atoms with Crippen molar-refractivity contribution >= 4 is 11.8 Å². The molecule has 5 heteroatoms. The van der Waals surface area contributed by atoms with Crippen molar-refractivity contribution in [2.24, 2.45) is 0 Å². The molecule has 0 saturated heterocycles. The van der Waals surface area contributed by atoms with Gasteiger partial charge in [0.15, 0.2) is 0 Å². The Kier molecular flexibility index (Phi) is 3.06. The second-order valence-electron chi connectivity index (χ2n) is 4.82. The van der Waals surface area contributed by atoms with Gasteiger partial charge in [-0.15, -0.1) is 0 Å². The van der Waals surface area contributed by atoms with E-state index in [1.165, 1.54) is 17.1 Å². The number of nitrogens with zero attached hydrogens (tertiary/aromatic N) is 1. The molecule has 2 aliphatic rings. The van der Waals surface area contributed by atoms with Crippen molar-refractivity contribution in [2.45, 2.75) is 18.6 Å². The molecule has 1 aliphatic heterocycles. The van der Waals surface area contributed by atoms with Crippen LogP contribution in [0.3, 0.4) is 0 Å². The zero-order chi connectivity index (χ0) is 14.3. The summed E-state index contributed by atoms with van der Waals surface area (Å²) in [6, 6.07) is 5.35. The lowest BCUT2D eigenvalue weighted by molar-refractivity contribution is -0.140. The molecule has 2 amide bonds. The number of amides is 2. The van der Waals surface area contributed by atoms with Crippen LogP contribution in [0.15, 0.2) is 30.4 Å². The third kappa shape index (κ3) is 1.74. The Hall–Kier alpha value is -2.14. The van der Waals surface area contributed by atoms with E-state index < -0.39 is 0 Å². The number of fused-ring (bicyclic) bond motifs is 1. The maximum absolute atomic E-state index is 11.9. The molecule has 1 aromatic rings. The Morgan fingerprint density at radius 2 is 1.85 bits per heavy atom. The predicted octanol–water partition coefficient (Wildman–Crippen LogP) is 1.75. The van der Waals surface area contributed by atoms with Crippen molar-refractivity contribution in [1.29, 1.82) is 0 Å². The van der Waals surface area contributed by atoms with Crippen LogP contribution in [-0.2, 0) is 14.3 Å². The zero-order valence-electron chi connectivity index (χ0n) is 11.3. The fourth-order valence-corrected chi connectivity index (χ4v) is 3.00. The van der Waals surface area contributed by atoms with Gasteiger partial charge in [-0.1, -0.05) is 12.1 Å². The molecule has 5 nitrogen and oxygen atoms in total. The predicted molar refractivity (Wildman–Crippen MR) is 71.1 cm³/mol. The van der Waals surface area contributed by atoms with Gasteiger partial charge in [0.25, 0.3) is 11.8 Å². The molecular formula is C15H15NO4. The minimum absolute atomic E-state index is 0.174. The van der Waals surface area contributed by atoms with Gasteiger partial charge >= 0.3 is 0 Å². The van der Waals surface area contributed by atoms with Crippen LogP contribution in [-0.4, -0.2) is 30.9 Å². The minimum atomic E-state index is -0.292. The van der Waals surface area contributed by atoms with E-state index in [0.717, 1.165) is 16.9 Å². The first kappa shape index (κ1) is 12.9. The third-order valence-electron chi connectivity index (χ3n) is 3.88. The van der Waals surface area contributed by atoms with Crippen molar-refractivity contribution in [3.05, 3.63) is 41.5 Å². The van der Waals surface area contributed by atoms with E-state index in [-0.39, 0.29) is 24.0 Å². The smallest absolute Gasteiger partial charge is 0.254 e. The molecular weight excluding hydrogens is 258 g/mol. The maximum atomic E-state index is 11.9. The van der Waals surface area contributed by atoms with Crippen LogP contribution >= 0.6 is 0 Å². The van der Waals surface area contributed by atoms with Gasteiger partial charge in [0.05, 0.1) is 19.3 Å². The summed E-state index contributed by atoms with van der Waals surface area (Å²) in [6.07, 6.45) is 3.00. The van der Waals surface area contributed by atoms with Crippen LogP contribution in [0.2, 0.25) is 0 Å². The second-order valence-corrected chi connectivity index (χ2v) is 4.82. The Labute approximate surface area is 116 Å². The molecule has 0 aromatic heterocycles. The number of benzene rings is 1. The summed E-state index contributed by atoms with van der Waals surface area (Å²) in [5.41, 5.74) is 1.84. The molecule has 0 radical (unpaired) electrons. The maximum Gasteiger partial charge on any atom is 0.254 e. The van der Waals surface area contributed by atoms with E-state index in [2.05, 4.69) is 0 Å². The van der Waals surface area contributed by atoms with Crippen LogP contribution < -0.4 is 4.74 Å². The Morgan fingerprint density at radius 3 is 2.45 bits per heavy atom. The molecule has 0 spiro atoms. The van der Waals surface area contributed by atoms with Crippen molar-refractivity contribution in [2.75, 3.05) is 14.2 Å². The number of hydrogen-bond acceptors (Lipinski definition) is 4. The Bertz CT molecular complexity index is 590. The van der Waals surface area contributed by atoms with E-state index in [4.69, 9.17) is 9.47 Å². The van der Waals surface area contributed by atoms with E-state index in [0.29, 0.717) is 6.42 Å². The first-order valence-electron chi connectivity index (χ1n) is 6.42. The summed E-state index contributed by atoms with van der Waals surface area (Å²) < 4.78 is 10.9. The van der Waals surface area contributed by atoms with Crippen molar-refractivity contribution < 1.29 is 19.1 Å². The molecule has 2 atom stereocenters. The first-order valence-corrected chi connectivity index (χ1v) is 6.42. The average Bonchev–Trinajstić information content (AvgIpc) is 2.99. The molecule has 0 bridgehead atoms. The molecule has 0 unspecified atom stereocenters. The van der Waals surface area contributed by atoms with Crippen LogP contribution in [0.5, 0.6) is 5.75 Å². The van der Waals surface area contributed by atoms with Crippen molar-refractivity contribution in [1.82, 2.24) is 4.90 Å². The molecule has 0 fully saturated rings. The summed E-state index contributed by atoms with van der Waals surface area (Å²) in [7, 11) is 3.22. The normalized spacial score (nSPS) is 24.4. The molecule has 3 rings (SSSR count). The van der Waals surface area contributed by atoms with Crippen LogP contribution in [0.4, 0.5) is 0 Å². The van der Waals surface area contributed by atoms with Gasteiger partial charge in [0.1, 0.15) is 5.75 Å². The van der Waals surface area contributed by atoms with E-state index in [1.54, 1.807) is 14.2 Å². The highest BCUT2D eigenvalue weighted by atomic mass is 16.5. The molecule has 1 aliphatic carbocycles. The van der Waals surface area contributed by atoms with E-state index in [9.17, 15) is 9.59 Å². The lowest BCUT2D eigenvalue weighted by Crippen LogP contribution is -2.33. The number of carbonyl (C=O) groups is 2. The first-order chi connectivity index (χ1) is 9.67. The van der Waals surface area contributed by atoms with Crippen LogP contribution in [0.1, 0.15) is 29.7 Å². The monoisotopic (exact) mass is 273 g/mol. The SMILES string of the molecule is COc1cccc2c1[C@@H](OC)C[C@@H]2N1C(=O)C=CC1=O. The summed E-state index contributed by atoms with van der Waals surface area (Å²) in [5.74, 6) is 0.181. The topological polar surface area (TPSA) is 55.8 Å². The van der Waals surface area contributed by atoms with E-state index in [1.807, 2.05) is 18.2 Å². The van der Waals surface area contributed by atoms with Crippen molar-refractivity contribution in [3.63, 3.8) is 0 Å². The number of rotatable bonds is 3. The highest BCUT2D eigenvalue weighted by Gasteiger charge is 2.41. The fourth-order valence-electron chi connectivity index (χ4n) is 3.00. The second kappa shape index (κ2) is 4.76. The molecule has 1 aromatic carbocycles. The summed E-state index contributed by atoms with van der Waals surface area (Å²) in [6.45, 7) is 0. The quantitative estimate of drug-likeness (QED) is 0.787. The number of carbonyl (C=O) groups excluding carboxylic acids is 2. The van der Waals surface area contributed by atoms with Crippen molar-refractivity contribution in [3.8, 4) is 5.75 Å². The Balaban J connectivity index is 2.06. The molecule has 1 heterocycles. The summed E-state index contributed by atoms with van der Waals surface area (Å²) >= 11 is 0. The molecule has 0 saturated carbocycles. The largest absolute Gasteiger partial charge is 0.496 e. The van der Waals surface area contributed by atoms with Gasteiger partial charge in [0, 0.05) is 31.2 Å². The average molecular weight is 273 g/mol. The standard InChI is InChI=1S/C15H15NO4/c1-19-11-5-3-4-9-10(8-12(20-2)15(9)11)16-13(17)6-7-14(16)18/h3-7,10,12H,8H2,1-2H3/t10-,12-/m0/s1. The Morgan fingerprint density at radius 1 is 1.15 bits per heavy atom. The fraction of sp³-hybridized carbons (Fsp3) is 0.333. The molecule has 0 N–H and O–H groups in total. The number of imide groups is 1. The van der Waals surface area contributed by atoms with Gasteiger partial charge in [-0.05, 0) is 11.6 Å². The lowest BCUT2D eigenvalue weighted by Gasteiger charge is -2.22. The zero-order valence-corrected chi connectivity index (χ0v) is 11.3. The van der Waals surface area contributed by atoms with Gasteiger partial charge in [-0.25, -0.2) is 0 Å². The molecule has 104 valence electrons. The number of methoxy groups -OCH3 is 2. The van der Waals surface area contributed by atoms with E-state index >= 15 is 0 Å². The van der Waals surface area contributed by atoms with Gasteiger partial charge in [-0.2, -0.15) is 0 Å². The highest BCUT2D eigenvalue weighted by Crippen LogP contribution is 2.48. The highest BCUT2D eigenvalue weighted by molar-refractivity contribution is 6.13. The summed E-state index contributed by atoms with van der Waals surface area (Å²) in [5, 5.41) is 0. The van der Waals surface area contributed by atoms with Crippen LogP contribution in [0, 0.1) is 0 Å². The summed E-state index contributed by atoms with van der Waals surface area (Å²) in [4.78, 5) is 25.0.